The van der Waals surface area contributed by atoms with Crippen LogP contribution in [0.5, 0.6) is 0 Å². The molecule has 6 heteroatoms. The van der Waals surface area contributed by atoms with Gasteiger partial charge in [-0.05, 0) is 0 Å². The van der Waals surface area contributed by atoms with Crippen molar-refractivity contribution in [2.45, 2.75) is 6.04 Å². The van der Waals surface area contributed by atoms with Gasteiger partial charge in [0.15, 0.2) is 0 Å². The molecule has 1 aliphatic rings. The molecule has 1 aromatic rings. The average molecular weight is 251 g/mol. The predicted octanol–water partition coefficient (Wildman–Crippen LogP) is 0.927. The highest BCUT2D eigenvalue weighted by molar-refractivity contribution is 5.42. The molecule has 2 rings (SSSR count). The van der Waals surface area contributed by atoms with E-state index in [0.717, 1.165) is 13.1 Å². The van der Waals surface area contributed by atoms with Crippen LogP contribution in [-0.2, 0) is 4.74 Å². The van der Waals surface area contributed by atoms with Gasteiger partial charge in [0.25, 0.3) is 5.69 Å². The van der Waals surface area contributed by atoms with Crippen molar-refractivity contribution in [1.29, 1.82) is 0 Å². The molecule has 0 saturated carbocycles. The lowest BCUT2D eigenvalue weighted by Crippen LogP contribution is -2.42. The van der Waals surface area contributed by atoms with Gasteiger partial charge in [0.05, 0.1) is 24.2 Å². The van der Waals surface area contributed by atoms with Gasteiger partial charge in [-0.2, -0.15) is 0 Å². The van der Waals surface area contributed by atoms with Crippen LogP contribution >= 0.6 is 0 Å². The van der Waals surface area contributed by atoms with E-state index >= 15 is 0 Å². The van der Waals surface area contributed by atoms with Crippen molar-refractivity contribution in [3.05, 3.63) is 39.9 Å². The van der Waals surface area contributed by atoms with Gasteiger partial charge in [-0.1, -0.05) is 18.2 Å². The van der Waals surface area contributed by atoms with Gasteiger partial charge >= 0.3 is 0 Å². The normalized spacial score (nSPS) is 18.5. The second kappa shape index (κ2) is 5.90. The lowest BCUT2D eigenvalue weighted by Gasteiger charge is -2.33. The quantitative estimate of drug-likeness (QED) is 0.636. The van der Waals surface area contributed by atoms with Crippen molar-refractivity contribution in [3.63, 3.8) is 0 Å². The Hall–Kier alpha value is -1.50. The summed E-state index contributed by atoms with van der Waals surface area (Å²) >= 11 is 0. The summed E-state index contributed by atoms with van der Waals surface area (Å²) in [7, 11) is 0. The van der Waals surface area contributed by atoms with Crippen molar-refractivity contribution >= 4 is 5.69 Å². The van der Waals surface area contributed by atoms with E-state index in [2.05, 4.69) is 4.90 Å². The first-order valence-corrected chi connectivity index (χ1v) is 5.99. The monoisotopic (exact) mass is 251 g/mol. The number of benzene rings is 1. The Bertz CT molecular complexity index is 419. The fraction of sp³-hybridized carbons (Fsp3) is 0.500. The number of morpholine rings is 1. The summed E-state index contributed by atoms with van der Waals surface area (Å²) in [5, 5.41) is 11.0. The number of ether oxygens (including phenoxy) is 1. The van der Waals surface area contributed by atoms with Crippen LogP contribution in [0.4, 0.5) is 5.69 Å². The van der Waals surface area contributed by atoms with Crippen LogP contribution in [0.15, 0.2) is 24.3 Å². The first-order valence-electron chi connectivity index (χ1n) is 5.99. The Kier molecular flexibility index (Phi) is 4.24. The van der Waals surface area contributed by atoms with Crippen molar-refractivity contribution in [2.24, 2.45) is 5.73 Å². The van der Waals surface area contributed by atoms with E-state index in [-0.39, 0.29) is 16.7 Å². The van der Waals surface area contributed by atoms with Crippen LogP contribution in [0.1, 0.15) is 11.6 Å². The molecule has 1 unspecified atom stereocenters. The minimum atomic E-state index is -0.349. The van der Waals surface area contributed by atoms with E-state index in [4.69, 9.17) is 10.5 Å². The van der Waals surface area contributed by atoms with Crippen LogP contribution in [-0.4, -0.2) is 42.7 Å². The Balaban J connectivity index is 2.28. The van der Waals surface area contributed by atoms with Gasteiger partial charge in [0, 0.05) is 31.3 Å². The minimum Gasteiger partial charge on any atom is -0.379 e. The maximum Gasteiger partial charge on any atom is 0.274 e. The average Bonchev–Trinajstić information content (AvgIpc) is 2.41. The van der Waals surface area contributed by atoms with Crippen molar-refractivity contribution in [3.8, 4) is 0 Å². The molecular weight excluding hydrogens is 234 g/mol. The third kappa shape index (κ3) is 2.66. The molecule has 0 aromatic heterocycles. The van der Waals surface area contributed by atoms with E-state index in [9.17, 15) is 10.1 Å². The van der Waals surface area contributed by atoms with E-state index in [1.807, 2.05) is 6.07 Å². The Morgan fingerprint density at radius 3 is 2.67 bits per heavy atom. The molecule has 6 nitrogen and oxygen atoms in total. The summed E-state index contributed by atoms with van der Waals surface area (Å²) in [4.78, 5) is 12.8. The molecule has 0 amide bonds. The molecule has 1 saturated heterocycles. The maximum absolute atomic E-state index is 11.0. The summed E-state index contributed by atoms with van der Waals surface area (Å²) < 4.78 is 5.29. The second-order valence-corrected chi connectivity index (χ2v) is 4.22. The smallest absolute Gasteiger partial charge is 0.274 e. The van der Waals surface area contributed by atoms with Gasteiger partial charge in [0.2, 0.25) is 0 Å². The zero-order valence-electron chi connectivity index (χ0n) is 10.1. The number of para-hydroxylation sites is 1. The van der Waals surface area contributed by atoms with Crippen molar-refractivity contribution < 1.29 is 9.66 Å². The summed E-state index contributed by atoms with van der Waals surface area (Å²) in [6.45, 7) is 3.18. The van der Waals surface area contributed by atoms with Crippen molar-refractivity contribution in [2.75, 3.05) is 32.8 Å². The van der Waals surface area contributed by atoms with Crippen molar-refractivity contribution in [1.82, 2.24) is 4.90 Å². The van der Waals surface area contributed by atoms with Crippen LogP contribution < -0.4 is 5.73 Å². The lowest BCUT2D eigenvalue weighted by molar-refractivity contribution is -0.386. The molecule has 1 aliphatic heterocycles. The Morgan fingerprint density at radius 2 is 2.06 bits per heavy atom. The topological polar surface area (TPSA) is 81.6 Å². The molecule has 98 valence electrons. The van der Waals surface area contributed by atoms with Gasteiger partial charge in [-0.25, -0.2) is 0 Å². The zero-order valence-corrected chi connectivity index (χ0v) is 10.1. The number of nitro groups is 1. The first kappa shape index (κ1) is 12.9. The fourth-order valence-electron chi connectivity index (χ4n) is 2.30. The van der Waals surface area contributed by atoms with Gasteiger partial charge in [-0.3, -0.25) is 15.0 Å². The number of nitro benzene ring substituents is 1. The zero-order chi connectivity index (χ0) is 13.0. The molecule has 1 atom stereocenters. The fourth-order valence-corrected chi connectivity index (χ4v) is 2.30. The van der Waals surface area contributed by atoms with Gasteiger partial charge in [0.1, 0.15) is 0 Å². The van der Waals surface area contributed by atoms with Gasteiger partial charge in [-0.15, -0.1) is 0 Å². The molecule has 1 fully saturated rings. The van der Waals surface area contributed by atoms with E-state index < -0.39 is 0 Å². The summed E-state index contributed by atoms with van der Waals surface area (Å²) in [6, 6.07) is 6.68. The largest absolute Gasteiger partial charge is 0.379 e. The summed E-state index contributed by atoms with van der Waals surface area (Å²) in [6.07, 6.45) is 0. The standard InChI is InChI=1S/C12H17N3O3/c13-9-12(14-5-7-18-8-6-14)10-3-1-2-4-11(10)15(16)17/h1-4,12H,5-9,13H2. The first-order chi connectivity index (χ1) is 8.74. The Labute approximate surface area is 105 Å². The van der Waals surface area contributed by atoms with Crippen LogP contribution in [0, 0.1) is 10.1 Å². The molecule has 0 bridgehead atoms. The number of hydrogen-bond donors (Lipinski definition) is 1. The van der Waals surface area contributed by atoms with E-state index in [0.29, 0.717) is 25.3 Å². The highest BCUT2D eigenvalue weighted by atomic mass is 16.6. The lowest BCUT2D eigenvalue weighted by atomic mass is 10.0. The maximum atomic E-state index is 11.0. The number of nitrogens with zero attached hydrogens (tertiary/aromatic N) is 2. The highest BCUT2D eigenvalue weighted by Crippen LogP contribution is 2.28. The third-order valence-corrected chi connectivity index (χ3v) is 3.20. The minimum absolute atomic E-state index is 0.115. The van der Waals surface area contributed by atoms with Crippen LogP contribution in [0.3, 0.4) is 0 Å². The molecule has 0 aliphatic carbocycles. The number of hydrogen-bond acceptors (Lipinski definition) is 5. The highest BCUT2D eigenvalue weighted by Gasteiger charge is 2.26. The van der Waals surface area contributed by atoms with Gasteiger partial charge < -0.3 is 10.5 Å². The molecule has 1 aromatic carbocycles. The van der Waals surface area contributed by atoms with E-state index in [1.165, 1.54) is 6.07 Å². The molecule has 0 spiro atoms. The Morgan fingerprint density at radius 1 is 1.39 bits per heavy atom. The molecule has 18 heavy (non-hydrogen) atoms. The van der Waals surface area contributed by atoms with Crippen LogP contribution in [0.2, 0.25) is 0 Å². The predicted molar refractivity (Wildman–Crippen MR) is 67.3 cm³/mol. The summed E-state index contributed by atoms with van der Waals surface area (Å²) in [5.41, 5.74) is 6.62. The molecule has 2 N–H and O–H groups in total. The van der Waals surface area contributed by atoms with Crippen LogP contribution in [0.25, 0.3) is 0 Å². The number of nitrogens with two attached hydrogens (primary N) is 1. The third-order valence-electron chi connectivity index (χ3n) is 3.20. The molecule has 1 heterocycles. The molecular formula is C12H17N3O3. The van der Waals surface area contributed by atoms with E-state index in [1.54, 1.807) is 12.1 Å². The molecule has 0 radical (unpaired) electrons. The number of rotatable bonds is 4. The SMILES string of the molecule is NCC(c1ccccc1[N+](=O)[O-])N1CCOCC1. The summed E-state index contributed by atoms with van der Waals surface area (Å²) in [5.74, 6) is 0. The second-order valence-electron chi connectivity index (χ2n) is 4.22.